The summed E-state index contributed by atoms with van der Waals surface area (Å²) in [6.07, 6.45) is 0.355. The Bertz CT molecular complexity index is 587. The Morgan fingerprint density at radius 1 is 1.57 bits per heavy atom. The molecule has 1 aliphatic heterocycles. The molecule has 0 saturated heterocycles. The number of carbonyl (C=O) groups excluding carboxylic acids is 1. The maximum absolute atomic E-state index is 14.5. The highest BCUT2D eigenvalue weighted by molar-refractivity contribution is 6.61. The van der Waals surface area contributed by atoms with Crippen LogP contribution in [0.2, 0.25) is 0 Å². The van der Waals surface area contributed by atoms with Crippen LogP contribution in [0.15, 0.2) is 23.8 Å². The molecule has 0 saturated carbocycles. The van der Waals surface area contributed by atoms with E-state index in [9.17, 15) is 14.2 Å². The van der Waals surface area contributed by atoms with Crippen LogP contribution >= 0.6 is 0 Å². The highest BCUT2D eigenvalue weighted by Crippen LogP contribution is 2.35. The van der Waals surface area contributed by atoms with Crippen LogP contribution < -0.4 is 10.2 Å². The minimum atomic E-state index is -1.24. The molecule has 7 heteroatoms. The monoisotopic (exact) mass is 294 g/mol. The quantitative estimate of drug-likeness (QED) is 0.512. The molecule has 0 fully saturated rings. The highest BCUT2D eigenvalue weighted by Gasteiger charge is 2.39. The van der Waals surface area contributed by atoms with Gasteiger partial charge in [0.15, 0.2) is 11.6 Å². The lowest BCUT2D eigenvalue weighted by molar-refractivity contribution is -0.134. The highest BCUT2D eigenvalue weighted by atomic mass is 19.1. The van der Waals surface area contributed by atoms with Crippen molar-refractivity contribution in [2.24, 2.45) is 0 Å². The third kappa shape index (κ3) is 2.93. The summed E-state index contributed by atoms with van der Waals surface area (Å²) in [5.74, 6) is -1.07. The van der Waals surface area contributed by atoms with Crippen molar-refractivity contribution in [1.29, 1.82) is 0 Å². The molecule has 0 aromatic heterocycles. The number of methoxy groups -OCH3 is 1. The van der Waals surface area contributed by atoms with Crippen molar-refractivity contribution in [3.05, 3.63) is 35.2 Å². The summed E-state index contributed by atoms with van der Waals surface area (Å²) in [6.45, 7) is 3.68. The number of benzene rings is 1. The molecule has 1 heterocycles. The van der Waals surface area contributed by atoms with Crippen LogP contribution in [-0.4, -0.2) is 31.8 Å². The second-order valence-electron chi connectivity index (χ2n) is 4.59. The summed E-state index contributed by atoms with van der Waals surface area (Å²) in [7, 11) is 0.00855. The molecule has 2 rings (SSSR count). The predicted molar refractivity (Wildman–Crippen MR) is 74.8 cm³/mol. The Morgan fingerprint density at radius 2 is 2.29 bits per heavy atom. The topological polar surface area (TPSA) is 65.0 Å². The maximum Gasteiger partial charge on any atom is 0.492 e. The first kappa shape index (κ1) is 15.5. The summed E-state index contributed by atoms with van der Waals surface area (Å²) in [5, 5.41) is 9.86. The lowest BCUT2D eigenvalue weighted by Gasteiger charge is -2.15. The fraction of sp³-hybridized carbons (Fsp3) is 0.357. The molecule has 1 unspecified atom stereocenters. The van der Waals surface area contributed by atoms with Gasteiger partial charge >= 0.3 is 13.1 Å². The molecular weight excluding hydrogens is 278 g/mol. The fourth-order valence-corrected chi connectivity index (χ4v) is 2.26. The van der Waals surface area contributed by atoms with E-state index in [1.54, 1.807) is 19.9 Å². The minimum Gasteiger partial charge on any atom is -0.491 e. The van der Waals surface area contributed by atoms with E-state index in [0.29, 0.717) is 17.6 Å². The third-order valence-electron chi connectivity index (χ3n) is 3.23. The molecule has 21 heavy (non-hydrogen) atoms. The standard InChI is InChI=1S/C14H16BFO5/c1-4-20-10-6-5-9-12(13(10)16)14(21-15(9)18)8(2)7-11(17)19-3/h5-7,14,18H,4H2,1-3H3/b8-7+. The van der Waals surface area contributed by atoms with Crippen LogP contribution in [0.3, 0.4) is 0 Å². The summed E-state index contributed by atoms with van der Waals surface area (Å²) >= 11 is 0. The van der Waals surface area contributed by atoms with Gasteiger partial charge in [-0.15, -0.1) is 0 Å². The van der Waals surface area contributed by atoms with Crippen LogP contribution in [0.4, 0.5) is 4.39 Å². The van der Waals surface area contributed by atoms with Gasteiger partial charge in [-0.2, -0.15) is 0 Å². The second-order valence-corrected chi connectivity index (χ2v) is 4.59. The van der Waals surface area contributed by atoms with Crippen LogP contribution in [0.25, 0.3) is 0 Å². The van der Waals surface area contributed by atoms with Crippen molar-refractivity contribution in [2.45, 2.75) is 20.0 Å². The van der Waals surface area contributed by atoms with Gasteiger partial charge in [0.25, 0.3) is 0 Å². The average molecular weight is 294 g/mol. The fourth-order valence-electron chi connectivity index (χ4n) is 2.26. The van der Waals surface area contributed by atoms with E-state index in [1.807, 2.05) is 0 Å². The van der Waals surface area contributed by atoms with Crippen molar-refractivity contribution in [1.82, 2.24) is 0 Å². The summed E-state index contributed by atoms with van der Waals surface area (Å²) < 4.78 is 29.6. The smallest absolute Gasteiger partial charge is 0.491 e. The number of rotatable bonds is 4. The maximum atomic E-state index is 14.5. The van der Waals surface area contributed by atoms with Crippen LogP contribution in [0.5, 0.6) is 5.75 Å². The Labute approximate surface area is 122 Å². The number of carbonyl (C=O) groups is 1. The number of esters is 1. The molecule has 0 bridgehead atoms. The van der Waals surface area contributed by atoms with Crippen molar-refractivity contribution < 1.29 is 28.3 Å². The van der Waals surface area contributed by atoms with Gasteiger partial charge in [-0.3, -0.25) is 0 Å². The summed E-state index contributed by atoms with van der Waals surface area (Å²) in [4.78, 5) is 11.3. The summed E-state index contributed by atoms with van der Waals surface area (Å²) in [6, 6.07) is 3.01. The summed E-state index contributed by atoms with van der Waals surface area (Å²) in [5.41, 5.74) is 0.955. The van der Waals surface area contributed by atoms with E-state index in [4.69, 9.17) is 9.39 Å². The van der Waals surface area contributed by atoms with E-state index in [2.05, 4.69) is 4.74 Å². The van der Waals surface area contributed by atoms with E-state index in [-0.39, 0.29) is 11.3 Å². The van der Waals surface area contributed by atoms with Crippen molar-refractivity contribution >= 4 is 18.6 Å². The van der Waals surface area contributed by atoms with E-state index < -0.39 is 25.0 Å². The van der Waals surface area contributed by atoms with Gasteiger partial charge < -0.3 is 19.2 Å². The van der Waals surface area contributed by atoms with Gasteiger partial charge in [0.1, 0.15) is 0 Å². The Hall–Kier alpha value is -1.86. The van der Waals surface area contributed by atoms with E-state index in [1.165, 1.54) is 19.3 Å². The lowest BCUT2D eigenvalue weighted by atomic mass is 9.78. The number of halogens is 1. The minimum absolute atomic E-state index is 0.0878. The number of fused-ring (bicyclic) bond motifs is 1. The van der Waals surface area contributed by atoms with Gasteiger partial charge in [-0.25, -0.2) is 9.18 Å². The lowest BCUT2D eigenvalue weighted by Crippen LogP contribution is -2.28. The SMILES string of the molecule is CCOc1ccc2c(c1F)C(/C(C)=C/C(=O)OC)OB2O. The molecule has 112 valence electrons. The van der Waals surface area contributed by atoms with Gasteiger partial charge in [-0.1, -0.05) is 6.07 Å². The van der Waals surface area contributed by atoms with E-state index in [0.717, 1.165) is 0 Å². The molecule has 1 aromatic carbocycles. The van der Waals surface area contributed by atoms with Gasteiger partial charge in [0, 0.05) is 11.6 Å². The normalized spacial score (nSPS) is 17.7. The van der Waals surface area contributed by atoms with Gasteiger partial charge in [0.2, 0.25) is 0 Å². The first-order chi connectivity index (χ1) is 9.99. The Kier molecular flexibility index (Phi) is 4.64. The molecule has 5 nitrogen and oxygen atoms in total. The average Bonchev–Trinajstić information content (AvgIpc) is 2.80. The molecule has 0 amide bonds. The molecule has 1 aromatic rings. The molecule has 0 aliphatic carbocycles. The molecule has 0 spiro atoms. The third-order valence-corrected chi connectivity index (χ3v) is 3.23. The number of hydrogen-bond donors (Lipinski definition) is 1. The first-order valence-corrected chi connectivity index (χ1v) is 6.54. The Morgan fingerprint density at radius 3 is 2.90 bits per heavy atom. The van der Waals surface area contributed by atoms with Crippen LogP contribution in [0.1, 0.15) is 25.5 Å². The van der Waals surface area contributed by atoms with Gasteiger partial charge in [0.05, 0.1) is 19.8 Å². The molecular formula is C14H16BFO5. The zero-order valence-electron chi connectivity index (χ0n) is 12.1. The predicted octanol–water partition coefficient (Wildman–Crippen LogP) is 1.10. The molecule has 1 atom stereocenters. The van der Waals surface area contributed by atoms with Crippen LogP contribution in [-0.2, 0) is 14.2 Å². The van der Waals surface area contributed by atoms with Gasteiger partial charge in [-0.05, 0) is 30.9 Å². The zero-order valence-corrected chi connectivity index (χ0v) is 12.1. The largest absolute Gasteiger partial charge is 0.492 e. The van der Waals surface area contributed by atoms with Crippen LogP contribution in [0, 0.1) is 5.82 Å². The molecule has 1 N–H and O–H groups in total. The van der Waals surface area contributed by atoms with Crippen molar-refractivity contribution in [3.63, 3.8) is 0 Å². The van der Waals surface area contributed by atoms with E-state index >= 15 is 0 Å². The zero-order chi connectivity index (χ0) is 15.6. The van der Waals surface area contributed by atoms with Crippen molar-refractivity contribution in [3.8, 4) is 5.75 Å². The number of hydrogen-bond acceptors (Lipinski definition) is 5. The number of ether oxygens (including phenoxy) is 2. The second kappa shape index (κ2) is 6.28. The molecule has 0 radical (unpaired) electrons. The Balaban J connectivity index is 2.45. The first-order valence-electron chi connectivity index (χ1n) is 6.54. The van der Waals surface area contributed by atoms with Crippen molar-refractivity contribution in [2.75, 3.05) is 13.7 Å². The molecule has 1 aliphatic rings.